The molecule has 2 aliphatic heterocycles. The summed E-state index contributed by atoms with van der Waals surface area (Å²) < 4.78 is 0. The van der Waals surface area contributed by atoms with Crippen LogP contribution in [0.3, 0.4) is 0 Å². The van der Waals surface area contributed by atoms with Crippen LogP contribution in [0, 0.1) is 11.8 Å². The SMILES string of the molecule is CC(C)N1CCC(C2CN(N(C)C)C2)CC1. The molecule has 16 heavy (non-hydrogen) atoms. The van der Waals surface area contributed by atoms with Gasteiger partial charge in [-0.1, -0.05) is 0 Å². The molecule has 2 heterocycles. The third-order valence-electron chi connectivity index (χ3n) is 4.43. The highest BCUT2D eigenvalue weighted by molar-refractivity contribution is 4.86. The van der Waals surface area contributed by atoms with Crippen LogP contribution < -0.4 is 0 Å². The standard InChI is InChI=1S/C13H27N3/c1-11(2)15-7-5-12(6-8-15)13-9-16(10-13)14(3)4/h11-13H,5-10H2,1-4H3. The van der Waals surface area contributed by atoms with Crippen molar-refractivity contribution in [1.82, 2.24) is 14.9 Å². The molecule has 0 aromatic carbocycles. The van der Waals surface area contributed by atoms with E-state index in [4.69, 9.17) is 0 Å². The van der Waals surface area contributed by atoms with Gasteiger partial charge in [-0.2, -0.15) is 0 Å². The minimum Gasteiger partial charge on any atom is -0.301 e. The lowest BCUT2D eigenvalue weighted by atomic mass is 9.80. The molecule has 0 bridgehead atoms. The highest BCUT2D eigenvalue weighted by Crippen LogP contribution is 2.32. The lowest BCUT2D eigenvalue weighted by molar-refractivity contribution is -0.0963. The number of hydrogen-bond acceptors (Lipinski definition) is 3. The Hall–Kier alpha value is -0.120. The van der Waals surface area contributed by atoms with E-state index in [1.807, 2.05) is 0 Å². The average molecular weight is 225 g/mol. The van der Waals surface area contributed by atoms with Crippen LogP contribution in [-0.2, 0) is 0 Å². The average Bonchev–Trinajstić information content (AvgIpc) is 2.15. The Morgan fingerprint density at radius 3 is 2.00 bits per heavy atom. The minimum absolute atomic E-state index is 0.737. The Morgan fingerprint density at radius 2 is 1.56 bits per heavy atom. The molecular formula is C13H27N3. The van der Waals surface area contributed by atoms with Crippen LogP contribution in [0.4, 0.5) is 0 Å². The fourth-order valence-electron chi connectivity index (χ4n) is 3.02. The first-order chi connectivity index (χ1) is 7.58. The van der Waals surface area contributed by atoms with E-state index in [1.165, 1.54) is 39.0 Å². The molecule has 3 nitrogen and oxygen atoms in total. The molecule has 2 rings (SSSR count). The lowest BCUT2D eigenvalue weighted by Crippen LogP contribution is -2.57. The topological polar surface area (TPSA) is 9.72 Å². The van der Waals surface area contributed by atoms with Crippen LogP contribution in [-0.4, -0.2) is 61.2 Å². The summed E-state index contributed by atoms with van der Waals surface area (Å²) in [5, 5.41) is 4.68. The molecule has 0 amide bonds. The highest BCUT2D eigenvalue weighted by atomic mass is 15.6. The Balaban J connectivity index is 1.71. The molecule has 2 aliphatic rings. The Bertz CT molecular complexity index is 213. The summed E-state index contributed by atoms with van der Waals surface area (Å²) in [6.45, 7) is 9.86. The number of hydrazine groups is 1. The van der Waals surface area contributed by atoms with Crippen molar-refractivity contribution in [3.8, 4) is 0 Å². The summed E-state index contributed by atoms with van der Waals surface area (Å²) in [6, 6.07) is 0.737. The van der Waals surface area contributed by atoms with Crippen molar-refractivity contribution in [3.05, 3.63) is 0 Å². The second-order valence-electron chi connectivity index (χ2n) is 5.95. The van der Waals surface area contributed by atoms with E-state index in [-0.39, 0.29) is 0 Å². The number of likely N-dealkylation sites (tertiary alicyclic amines) is 1. The van der Waals surface area contributed by atoms with E-state index >= 15 is 0 Å². The van der Waals surface area contributed by atoms with Crippen molar-refractivity contribution in [2.75, 3.05) is 40.3 Å². The van der Waals surface area contributed by atoms with Crippen molar-refractivity contribution >= 4 is 0 Å². The van der Waals surface area contributed by atoms with Crippen LogP contribution in [0.1, 0.15) is 26.7 Å². The molecule has 0 unspecified atom stereocenters. The van der Waals surface area contributed by atoms with Gasteiger partial charge in [-0.3, -0.25) is 0 Å². The van der Waals surface area contributed by atoms with Gasteiger partial charge >= 0.3 is 0 Å². The molecule has 0 aromatic heterocycles. The molecule has 0 aromatic rings. The molecule has 0 saturated carbocycles. The van der Waals surface area contributed by atoms with Gasteiger partial charge in [0.1, 0.15) is 0 Å². The normalized spacial score (nSPS) is 26.6. The summed E-state index contributed by atoms with van der Waals surface area (Å²) in [5.74, 6) is 1.96. The van der Waals surface area contributed by atoms with E-state index in [9.17, 15) is 0 Å². The fraction of sp³-hybridized carbons (Fsp3) is 1.00. The quantitative estimate of drug-likeness (QED) is 0.721. The van der Waals surface area contributed by atoms with E-state index in [0.717, 1.165) is 17.9 Å². The van der Waals surface area contributed by atoms with Crippen LogP contribution in [0.15, 0.2) is 0 Å². The van der Waals surface area contributed by atoms with Gasteiger partial charge < -0.3 is 4.90 Å². The lowest BCUT2D eigenvalue weighted by Gasteiger charge is -2.48. The zero-order valence-electron chi connectivity index (χ0n) is 11.3. The molecule has 0 atom stereocenters. The number of nitrogens with zero attached hydrogens (tertiary/aromatic N) is 3. The van der Waals surface area contributed by atoms with Crippen LogP contribution >= 0.6 is 0 Å². The number of hydrogen-bond donors (Lipinski definition) is 0. The van der Waals surface area contributed by atoms with Crippen LogP contribution in [0.2, 0.25) is 0 Å². The zero-order chi connectivity index (χ0) is 11.7. The second kappa shape index (κ2) is 5.03. The predicted molar refractivity (Wildman–Crippen MR) is 68.2 cm³/mol. The van der Waals surface area contributed by atoms with Gasteiger partial charge in [-0.05, 0) is 51.6 Å². The third kappa shape index (κ3) is 2.58. The second-order valence-corrected chi connectivity index (χ2v) is 5.95. The molecule has 94 valence electrons. The van der Waals surface area contributed by atoms with Crippen molar-refractivity contribution in [3.63, 3.8) is 0 Å². The summed E-state index contributed by atoms with van der Waals surface area (Å²) in [6.07, 6.45) is 2.84. The van der Waals surface area contributed by atoms with E-state index < -0.39 is 0 Å². The predicted octanol–water partition coefficient (Wildman–Crippen LogP) is 1.52. The minimum atomic E-state index is 0.737. The van der Waals surface area contributed by atoms with Crippen molar-refractivity contribution in [1.29, 1.82) is 0 Å². The zero-order valence-corrected chi connectivity index (χ0v) is 11.3. The third-order valence-corrected chi connectivity index (χ3v) is 4.43. The van der Waals surface area contributed by atoms with E-state index in [0.29, 0.717) is 0 Å². The first-order valence-electron chi connectivity index (χ1n) is 6.74. The molecule has 0 spiro atoms. The maximum atomic E-state index is 2.62. The Morgan fingerprint density at radius 1 is 1.00 bits per heavy atom. The van der Waals surface area contributed by atoms with Gasteiger partial charge in [0, 0.05) is 33.2 Å². The van der Waals surface area contributed by atoms with Crippen LogP contribution in [0.25, 0.3) is 0 Å². The van der Waals surface area contributed by atoms with Gasteiger partial charge in [-0.25, -0.2) is 10.0 Å². The molecule has 0 aliphatic carbocycles. The summed E-state index contributed by atoms with van der Waals surface area (Å²) in [7, 11) is 4.30. The van der Waals surface area contributed by atoms with Gasteiger partial charge in [0.15, 0.2) is 0 Å². The first kappa shape index (κ1) is 12.3. The van der Waals surface area contributed by atoms with Gasteiger partial charge in [0.2, 0.25) is 0 Å². The molecule has 2 saturated heterocycles. The Labute approximate surface area is 100 Å². The monoisotopic (exact) mass is 225 g/mol. The molecular weight excluding hydrogens is 198 g/mol. The highest BCUT2D eigenvalue weighted by Gasteiger charge is 2.36. The van der Waals surface area contributed by atoms with Crippen molar-refractivity contribution in [2.45, 2.75) is 32.7 Å². The summed E-state index contributed by atoms with van der Waals surface area (Å²) in [5.41, 5.74) is 0. The van der Waals surface area contributed by atoms with Crippen LogP contribution in [0.5, 0.6) is 0 Å². The number of rotatable bonds is 3. The first-order valence-corrected chi connectivity index (χ1v) is 6.74. The van der Waals surface area contributed by atoms with Gasteiger partial charge in [0.25, 0.3) is 0 Å². The largest absolute Gasteiger partial charge is 0.301 e. The Kier molecular flexibility index (Phi) is 3.88. The number of piperidine rings is 1. The smallest absolute Gasteiger partial charge is 0.0177 e. The van der Waals surface area contributed by atoms with E-state index in [1.54, 1.807) is 0 Å². The molecule has 3 heteroatoms. The van der Waals surface area contributed by atoms with Crippen molar-refractivity contribution in [2.24, 2.45) is 11.8 Å². The van der Waals surface area contributed by atoms with Gasteiger partial charge in [-0.15, -0.1) is 0 Å². The molecule has 0 radical (unpaired) electrons. The summed E-state index contributed by atoms with van der Waals surface area (Å²) >= 11 is 0. The fourth-order valence-corrected chi connectivity index (χ4v) is 3.02. The van der Waals surface area contributed by atoms with Gasteiger partial charge in [0.05, 0.1) is 0 Å². The molecule has 2 fully saturated rings. The molecule has 0 N–H and O–H groups in total. The van der Waals surface area contributed by atoms with Crippen molar-refractivity contribution < 1.29 is 0 Å². The summed E-state index contributed by atoms with van der Waals surface area (Å²) in [4.78, 5) is 2.62. The maximum Gasteiger partial charge on any atom is 0.0177 e. The maximum absolute atomic E-state index is 2.62. The van der Waals surface area contributed by atoms with E-state index in [2.05, 4.69) is 42.9 Å².